The van der Waals surface area contributed by atoms with Gasteiger partial charge in [-0.05, 0) is 61.9 Å². The summed E-state index contributed by atoms with van der Waals surface area (Å²) < 4.78 is 26.4. The molecule has 1 amide bonds. The molecular weight excluding hydrogens is 431 g/mol. The van der Waals surface area contributed by atoms with Crippen molar-refractivity contribution in [1.82, 2.24) is 20.1 Å². The molecule has 4 rings (SSSR count). The second-order valence-electron chi connectivity index (χ2n) is 7.78. The van der Waals surface area contributed by atoms with Crippen LogP contribution in [0.5, 0.6) is 5.75 Å². The highest BCUT2D eigenvalue weighted by Gasteiger charge is 2.23. The van der Waals surface area contributed by atoms with E-state index in [4.69, 9.17) is 9.15 Å². The van der Waals surface area contributed by atoms with Gasteiger partial charge in [-0.2, -0.15) is 0 Å². The Hall–Kier alpha value is -2.81. The molecule has 1 saturated carbocycles. The molecule has 3 aromatic rings. The van der Waals surface area contributed by atoms with E-state index in [1.807, 2.05) is 6.26 Å². The number of benzene rings is 1. The van der Waals surface area contributed by atoms with Crippen LogP contribution in [-0.2, 0) is 13.0 Å². The molecule has 170 valence electrons. The Labute approximate surface area is 190 Å². The second-order valence-corrected chi connectivity index (χ2v) is 8.55. The van der Waals surface area contributed by atoms with Crippen molar-refractivity contribution in [3.63, 3.8) is 0 Å². The van der Waals surface area contributed by atoms with E-state index in [2.05, 4.69) is 20.1 Å². The number of aryl methyl sites for hydroxylation is 1. The molecule has 32 heavy (non-hydrogen) atoms. The third kappa shape index (κ3) is 5.51. The Kier molecular flexibility index (Phi) is 7.47. The molecule has 1 aromatic carbocycles. The molecule has 0 aliphatic heterocycles. The number of hydrogen-bond acceptors (Lipinski definition) is 6. The molecule has 0 saturated heterocycles. The van der Waals surface area contributed by atoms with E-state index in [1.165, 1.54) is 37.8 Å². The van der Waals surface area contributed by atoms with Crippen LogP contribution in [-0.4, -0.2) is 33.5 Å². The van der Waals surface area contributed by atoms with Crippen molar-refractivity contribution in [3.05, 3.63) is 59.6 Å². The summed E-state index contributed by atoms with van der Waals surface area (Å²) in [6, 6.07) is 9.56. The fourth-order valence-electron chi connectivity index (χ4n) is 3.94. The maximum atomic E-state index is 12.9. The van der Waals surface area contributed by atoms with E-state index in [-0.39, 0.29) is 24.1 Å². The molecule has 2 aromatic heterocycles. The maximum Gasteiger partial charge on any atom is 0.286 e. The summed E-state index contributed by atoms with van der Waals surface area (Å²) in [6.45, 7) is 0.681. The van der Waals surface area contributed by atoms with E-state index < -0.39 is 0 Å². The second kappa shape index (κ2) is 10.7. The lowest BCUT2D eigenvalue weighted by atomic mass is 10.2. The number of aromatic nitrogens is 3. The molecule has 0 bridgehead atoms. The number of halogens is 1. The summed E-state index contributed by atoms with van der Waals surface area (Å²) in [6.07, 6.45) is 8.44. The molecule has 1 aliphatic rings. The Morgan fingerprint density at radius 2 is 2.00 bits per heavy atom. The topological polar surface area (TPSA) is 82.2 Å². The summed E-state index contributed by atoms with van der Waals surface area (Å²) in [7, 11) is 0. The maximum absolute atomic E-state index is 12.9. The molecule has 0 atom stereocenters. The number of carbonyl (C=O) groups is 1. The quantitative estimate of drug-likeness (QED) is 0.348. The lowest BCUT2D eigenvalue weighted by Crippen LogP contribution is -2.24. The van der Waals surface area contributed by atoms with Gasteiger partial charge in [0, 0.05) is 19.0 Å². The Bertz CT molecular complexity index is 1030. The Balaban J connectivity index is 1.23. The average molecular weight is 459 g/mol. The molecule has 1 fully saturated rings. The molecule has 9 heteroatoms. The van der Waals surface area contributed by atoms with Crippen LogP contribution in [0.4, 0.5) is 4.39 Å². The molecular formula is C23H27FN4O3S. The number of furan rings is 1. The summed E-state index contributed by atoms with van der Waals surface area (Å²) in [4.78, 5) is 12.4. The lowest BCUT2D eigenvalue weighted by molar-refractivity contribution is 0.0921. The average Bonchev–Trinajstić information content (AvgIpc) is 3.56. The highest BCUT2D eigenvalue weighted by atomic mass is 32.2. The van der Waals surface area contributed by atoms with Crippen LogP contribution in [0.15, 0.2) is 46.0 Å². The van der Waals surface area contributed by atoms with Crippen molar-refractivity contribution in [2.24, 2.45) is 0 Å². The van der Waals surface area contributed by atoms with E-state index in [0.717, 1.165) is 23.8 Å². The normalized spacial score (nSPS) is 14.1. The smallest absolute Gasteiger partial charge is 0.286 e. The van der Waals surface area contributed by atoms with Crippen molar-refractivity contribution < 1.29 is 18.3 Å². The number of hydrogen-bond donors (Lipinski definition) is 1. The van der Waals surface area contributed by atoms with Gasteiger partial charge in [-0.15, -0.1) is 10.2 Å². The van der Waals surface area contributed by atoms with Gasteiger partial charge in [0.1, 0.15) is 29.8 Å². The van der Waals surface area contributed by atoms with Gasteiger partial charge in [-0.25, -0.2) is 4.39 Å². The number of rotatable bonds is 10. The van der Waals surface area contributed by atoms with Crippen LogP contribution in [0.2, 0.25) is 0 Å². The minimum absolute atomic E-state index is 0.160. The van der Waals surface area contributed by atoms with Gasteiger partial charge in [-0.3, -0.25) is 4.79 Å². The zero-order valence-corrected chi connectivity index (χ0v) is 18.9. The number of ether oxygens (including phenoxy) is 1. The van der Waals surface area contributed by atoms with E-state index >= 15 is 0 Å². The SMILES string of the molecule is CSc1nnc(CCCNC(=O)c2ccc(COc3ccc(F)cc3)o2)n1C1CCCC1. The predicted octanol–water partition coefficient (Wildman–Crippen LogP) is 4.79. The summed E-state index contributed by atoms with van der Waals surface area (Å²) >= 11 is 1.63. The summed E-state index contributed by atoms with van der Waals surface area (Å²) in [5.74, 6) is 1.70. The van der Waals surface area contributed by atoms with Crippen LogP contribution in [0.25, 0.3) is 0 Å². The highest BCUT2D eigenvalue weighted by molar-refractivity contribution is 7.98. The first-order chi connectivity index (χ1) is 15.6. The Morgan fingerprint density at radius 1 is 1.22 bits per heavy atom. The van der Waals surface area contributed by atoms with Gasteiger partial charge in [-0.1, -0.05) is 24.6 Å². The van der Waals surface area contributed by atoms with E-state index in [1.54, 1.807) is 36.0 Å². The van der Waals surface area contributed by atoms with Crippen LogP contribution < -0.4 is 10.1 Å². The standard InChI is InChI=1S/C23H27FN4O3S/c1-32-23-27-26-21(28(23)17-5-2-3-6-17)7-4-14-25-22(29)20-13-12-19(31-20)15-30-18-10-8-16(24)9-11-18/h8-13,17H,2-7,14-15H2,1H3,(H,25,29). The molecule has 0 spiro atoms. The Morgan fingerprint density at radius 3 is 2.75 bits per heavy atom. The van der Waals surface area contributed by atoms with E-state index in [9.17, 15) is 9.18 Å². The van der Waals surface area contributed by atoms with Gasteiger partial charge in [0.15, 0.2) is 10.9 Å². The fraction of sp³-hybridized carbons (Fsp3) is 0.435. The molecule has 2 heterocycles. The summed E-state index contributed by atoms with van der Waals surface area (Å²) in [5, 5.41) is 12.6. The number of amides is 1. The van der Waals surface area contributed by atoms with Crippen LogP contribution >= 0.6 is 11.8 Å². The van der Waals surface area contributed by atoms with Gasteiger partial charge in [0.2, 0.25) is 0 Å². The zero-order chi connectivity index (χ0) is 22.3. The molecule has 1 N–H and O–H groups in total. The first-order valence-electron chi connectivity index (χ1n) is 10.9. The first-order valence-corrected chi connectivity index (χ1v) is 12.1. The van der Waals surface area contributed by atoms with Crippen molar-refractivity contribution in [2.75, 3.05) is 12.8 Å². The number of thioether (sulfide) groups is 1. The molecule has 0 radical (unpaired) electrons. The van der Waals surface area contributed by atoms with Crippen LogP contribution in [0.1, 0.15) is 60.3 Å². The minimum atomic E-state index is -0.322. The van der Waals surface area contributed by atoms with Crippen LogP contribution in [0, 0.1) is 5.82 Å². The van der Waals surface area contributed by atoms with Crippen molar-refractivity contribution in [1.29, 1.82) is 0 Å². The first kappa shape index (κ1) is 22.4. The third-order valence-electron chi connectivity index (χ3n) is 5.55. The van der Waals surface area contributed by atoms with Crippen LogP contribution in [0.3, 0.4) is 0 Å². The fourth-order valence-corrected chi connectivity index (χ4v) is 4.52. The van der Waals surface area contributed by atoms with Crippen molar-refractivity contribution in [2.45, 2.75) is 56.3 Å². The van der Waals surface area contributed by atoms with Crippen molar-refractivity contribution >= 4 is 17.7 Å². The van der Waals surface area contributed by atoms with Gasteiger partial charge >= 0.3 is 0 Å². The highest BCUT2D eigenvalue weighted by Crippen LogP contribution is 2.33. The molecule has 7 nitrogen and oxygen atoms in total. The number of carbonyl (C=O) groups excluding carboxylic acids is 1. The van der Waals surface area contributed by atoms with Gasteiger partial charge in [0.05, 0.1) is 0 Å². The summed E-state index contributed by atoms with van der Waals surface area (Å²) in [5.41, 5.74) is 0. The molecule has 1 aliphatic carbocycles. The van der Waals surface area contributed by atoms with E-state index in [0.29, 0.717) is 24.1 Å². The van der Waals surface area contributed by atoms with Gasteiger partial charge < -0.3 is 19.0 Å². The number of nitrogens with one attached hydrogen (secondary N) is 1. The monoisotopic (exact) mass is 458 g/mol. The zero-order valence-electron chi connectivity index (χ0n) is 18.1. The van der Waals surface area contributed by atoms with Gasteiger partial charge in [0.25, 0.3) is 5.91 Å². The minimum Gasteiger partial charge on any atom is -0.486 e. The number of nitrogens with zero attached hydrogens (tertiary/aromatic N) is 3. The molecule has 0 unspecified atom stereocenters. The largest absolute Gasteiger partial charge is 0.486 e. The predicted molar refractivity (Wildman–Crippen MR) is 119 cm³/mol. The van der Waals surface area contributed by atoms with Crippen molar-refractivity contribution in [3.8, 4) is 5.75 Å². The lowest BCUT2D eigenvalue weighted by Gasteiger charge is -2.16. The third-order valence-corrected chi connectivity index (χ3v) is 6.19.